The van der Waals surface area contributed by atoms with Crippen LogP contribution in [0.4, 0.5) is 105 Å². The molecule has 2 nitrogen and oxygen atoms in total. The Hall–Kier alpha value is -5.79. The third-order valence-corrected chi connectivity index (χ3v) is 13.4. The van der Waals surface area contributed by atoms with Gasteiger partial charge in [-0.3, -0.25) is 4.84 Å². The molecule has 0 radical (unpaired) electrons. The number of hydrogen-bond donors (Lipinski definition) is 0. The molecule has 4 aromatic carbocycles. The predicted molar refractivity (Wildman–Crippen MR) is 258 cm³/mol. The maximum Gasteiger partial charge on any atom is 0.416 e. The van der Waals surface area contributed by atoms with Crippen molar-refractivity contribution < 1.29 is 115 Å². The number of hydrogen-bond acceptors (Lipinski definition) is 1. The molecule has 0 saturated heterocycles. The first kappa shape index (κ1) is 68.7. The number of unbranched alkanes of at least 4 members (excludes halogenated alkanes) is 15. The number of halogens is 24. The van der Waals surface area contributed by atoms with Gasteiger partial charge in [0.2, 0.25) is 12.4 Å². The van der Waals surface area contributed by atoms with Crippen LogP contribution in [-0.4, -0.2) is 12.8 Å². The van der Waals surface area contributed by atoms with Crippen molar-refractivity contribution in [3.05, 3.63) is 148 Å². The monoisotopic (exact) mass is 1210 g/mol. The fourth-order valence-corrected chi connectivity index (χ4v) is 9.36. The van der Waals surface area contributed by atoms with Crippen molar-refractivity contribution in [3.63, 3.8) is 0 Å². The highest BCUT2D eigenvalue weighted by Gasteiger charge is 2.47. The summed E-state index contributed by atoms with van der Waals surface area (Å²) in [7, 11) is 0. The molecule has 0 fully saturated rings. The molecule has 0 atom stereocenters. The summed E-state index contributed by atoms with van der Waals surface area (Å²) in [5.41, 5.74) is -30.2. The van der Waals surface area contributed by atoms with Crippen molar-refractivity contribution in [2.45, 2.75) is 159 Å². The molecule has 5 aromatic rings. The van der Waals surface area contributed by atoms with Crippen LogP contribution in [0.1, 0.15) is 154 Å². The second-order valence-corrected chi connectivity index (χ2v) is 19.6. The van der Waals surface area contributed by atoms with E-state index in [0.717, 1.165) is 6.61 Å². The minimum absolute atomic E-state index is 0.691. The van der Waals surface area contributed by atoms with E-state index in [2.05, 4.69) is 6.92 Å². The van der Waals surface area contributed by atoms with Gasteiger partial charge in [-0.05, 0) is 37.1 Å². The molecular weight excluding hydrogens is 1160 g/mol. The summed E-state index contributed by atoms with van der Waals surface area (Å²) < 4.78 is 343. The van der Waals surface area contributed by atoms with Crippen LogP contribution >= 0.6 is 0 Å². The Kier molecular flexibility index (Phi) is 23.2. The summed E-state index contributed by atoms with van der Waals surface area (Å²) in [6, 6.07) is -2.81. The quantitative estimate of drug-likeness (QED) is 0.0291. The minimum atomic E-state index is -6.13. The van der Waals surface area contributed by atoms with Crippen molar-refractivity contribution in [1.82, 2.24) is 0 Å². The highest BCUT2D eigenvalue weighted by atomic mass is 19.4. The highest BCUT2D eigenvalue weighted by molar-refractivity contribution is 7.20. The van der Waals surface area contributed by atoms with Crippen LogP contribution in [-0.2, 0) is 49.4 Å². The van der Waals surface area contributed by atoms with Gasteiger partial charge < -0.3 is 0 Å². The largest absolute Gasteiger partial charge is 0.416 e. The molecule has 0 aliphatic rings. The maximum atomic E-state index is 14.2. The molecule has 0 aliphatic carbocycles. The standard InChI is InChI=1S/C32H12BF24.C23H42NO/c34-25(35,36)13-1-14(26(37,38)39)6-21(5-13)33(22-7-15(27(40,41)42)2-16(8-22)28(43,44)45,23-9-17(29(46,47)48)3-18(10-23)30(49,50)51)24-11-19(31(52,53)54)4-20(12-24)32(55,56)57;1-2-3-4-5-6-7-8-9-10-11-12-13-14-15-16-20-23-25-24-21-18-17-19-22-24/h1-12H;17-19,21-22H,2-16,20,23H2,1H3/q-1;+1. The van der Waals surface area contributed by atoms with Crippen LogP contribution in [0.2, 0.25) is 0 Å². The normalized spacial score (nSPS) is 13.3. The number of rotatable bonds is 22. The van der Waals surface area contributed by atoms with E-state index >= 15 is 0 Å². The van der Waals surface area contributed by atoms with Crippen LogP contribution in [0.3, 0.4) is 0 Å². The van der Waals surface area contributed by atoms with Gasteiger partial charge in [0.25, 0.3) is 0 Å². The van der Waals surface area contributed by atoms with E-state index in [4.69, 9.17) is 4.84 Å². The highest BCUT2D eigenvalue weighted by Crippen LogP contribution is 2.41. The summed E-state index contributed by atoms with van der Waals surface area (Å²) in [5.74, 6) is 0. The SMILES string of the molecule is CCCCCCCCCCCCCCCCCCO[n+]1ccccc1.FC(F)(F)c1cc([B-](c2cc(C(F)(F)F)cc(C(F)(F)F)c2)(c2cc(C(F)(F)F)cc(C(F)(F)F)c2)c2cc(C(F)(F)F)cc(C(F)(F)F)c2)cc(C(F)(F)F)c1. The number of pyridine rings is 1. The van der Waals surface area contributed by atoms with Crippen molar-refractivity contribution in [2.75, 3.05) is 6.61 Å². The third kappa shape index (κ3) is 19.9. The Labute approximate surface area is 455 Å². The predicted octanol–water partition coefficient (Wildman–Crippen LogP) is 17.9. The molecule has 0 saturated carbocycles. The lowest BCUT2D eigenvalue weighted by atomic mass is 9.12. The molecular formula is C55H54BF24NO. The molecule has 0 spiro atoms. The molecule has 0 N–H and O–H groups in total. The number of nitrogens with zero attached hydrogens (tertiary/aromatic N) is 1. The number of aromatic nitrogens is 1. The molecule has 0 bridgehead atoms. The van der Waals surface area contributed by atoms with Gasteiger partial charge >= 0.3 is 49.4 Å². The third-order valence-electron chi connectivity index (χ3n) is 13.4. The molecule has 1 aromatic heterocycles. The van der Waals surface area contributed by atoms with E-state index in [1.165, 1.54) is 103 Å². The molecule has 1 heterocycles. The fourth-order valence-electron chi connectivity index (χ4n) is 9.36. The summed E-state index contributed by atoms with van der Waals surface area (Å²) in [5, 5.41) is 0. The smallest absolute Gasteiger partial charge is 0.271 e. The molecule has 456 valence electrons. The first-order chi connectivity index (χ1) is 37.7. The van der Waals surface area contributed by atoms with Crippen LogP contribution in [0.15, 0.2) is 103 Å². The Bertz CT molecular complexity index is 2350. The summed E-state index contributed by atoms with van der Waals surface area (Å²) in [6.07, 6.45) is -28.4. The van der Waals surface area contributed by atoms with E-state index in [1.54, 1.807) is 4.73 Å². The Morgan fingerprint density at radius 3 is 0.671 bits per heavy atom. The van der Waals surface area contributed by atoms with Crippen LogP contribution in [0.5, 0.6) is 0 Å². The molecule has 82 heavy (non-hydrogen) atoms. The van der Waals surface area contributed by atoms with Crippen molar-refractivity contribution in [2.24, 2.45) is 0 Å². The minimum Gasteiger partial charge on any atom is -0.271 e. The zero-order valence-electron chi connectivity index (χ0n) is 43.3. The van der Waals surface area contributed by atoms with Crippen LogP contribution in [0, 0.1) is 0 Å². The molecule has 0 unspecified atom stereocenters. The van der Waals surface area contributed by atoms with Gasteiger partial charge in [-0.2, -0.15) is 127 Å². The fraction of sp³-hybridized carbons (Fsp3) is 0.473. The molecule has 0 amide bonds. The molecule has 27 heteroatoms. The summed E-state index contributed by atoms with van der Waals surface area (Å²) >= 11 is 0. The second kappa shape index (κ2) is 27.7. The van der Waals surface area contributed by atoms with Gasteiger partial charge in [0, 0.05) is 16.9 Å². The Morgan fingerprint density at radius 2 is 0.476 bits per heavy atom. The topological polar surface area (TPSA) is 13.1 Å². The van der Waals surface area contributed by atoms with Gasteiger partial charge in [0.05, 0.1) is 44.5 Å². The van der Waals surface area contributed by atoms with E-state index < -0.39 is 195 Å². The Balaban J connectivity index is 0.000000483. The zero-order chi connectivity index (χ0) is 61.8. The average molecular weight is 1210 g/mol. The van der Waals surface area contributed by atoms with E-state index in [0.29, 0.717) is 0 Å². The maximum absolute atomic E-state index is 14.2. The first-order valence-corrected chi connectivity index (χ1v) is 25.6. The van der Waals surface area contributed by atoms with Gasteiger partial charge in [-0.1, -0.05) is 151 Å². The zero-order valence-corrected chi connectivity index (χ0v) is 43.3. The lowest BCUT2D eigenvalue weighted by molar-refractivity contribution is -0.891. The van der Waals surface area contributed by atoms with Gasteiger partial charge in [0.15, 0.2) is 6.61 Å². The number of benzene rings is 4. The summed E-state index contributed by atoms with van der Waals surface area (Å²) in [4.78, 5) is 5.64. The van der Waals surface area contributed by atoms with Gasteiger partial charge in [-0.15, -0.1) is 0 Å². The van der Waals surface area contributed by atoms with Crippen LogP contribution in [0.25, 0.3) is 0 Å². The molecule has 0 aliphatic heterocycles. The average Bonchev–Trinajstić information content (AvgIpc) is 1.68. The van der Waals surface area contributed by atoms with Crippen molar-refractivity contribution in [1.29, 1.82) is 0 Å². The van der Waals surface area contributed by atoms with Crippen LogP contribution < -0.4 is 31.4 Å². The second-order valence-electron chi connectivity index (χ2n) is 19.6. The number of alkyl halides is 24. The van der Waals surface area contributed by atoms with Crippen molar-refractivity contribution >= 4 is 28.0 Å². The van der Waals surface area contributed by atoms with Gasteiger partial charge in [0.1, 0.15) is 6.15 Å². The summed E-state index contributed by atoms with van der Waals surface area (Å²) in [6.45, 7) is 3.12. The van der Waals surface area contributed by atoms with E-state index in [1.807, 2.05) is 30.6 Å². The molecule has 5 rings (SSSR count). The van der Waals surface area contributed by atoms with Gasteiger partial charge in [-0.25, -0.2) is 0 Å². The van der Waals surface area contributed by atoms with E-state index in [9.17, 15) is 105 Å². The Morgan fingerprint density at radius 1 is 0.280 bits per heavy atom. The van der Waals surface area contributed by atoms with E-state index in [-0.39, 0.29) is 0 Å². The van der Waals surface area contributed by atoms with Crippen molar-refractivity contribution in [3.8, 4) is 0 Å². The first-order valence-electron chi connectivity index (χ1n) is 25.6. The lowest BCUT2D eigenvalue weighted by Gasteiger charge is -2.46. The lowest BCUT2D eigenvalue weighted by Crippen LogP contribution is -2.75.